The van der Waals surface area contributed by atoms with Gasteiger partial charge in [0.05, 0.1) is 11.3 Å². The molecule has 2 aromatic rings. The third kappa shape index (κ3) is 3.92. The van der Waals surface area contributed by atoms with Gasteiger partial charge in [0.1, 0.15) is 5.37 Å². The van der Waals surface area contributed by atoms with Crippen LogP contribution in [0.1, 0.15) is 18.1 Å². The topological polar surface area (TPSA) is 76.1 Å². The van der Waals surface area contributed by atoms with Crippen LogP contribution in [0.2, 0.25) is 0 Å². The zero-order chi connectivity index (χ0) is 16.2. The van der Waals surface area contributed by atoms with Gasteiger partial charge < -0.3 is 5.32 Å². The van der Waals surface area contributed by atoms with Crippen molar-refractivity contribution in [3.8, 4) is 0 Å². The number of nitrogens with zero attached hydrogens (tertiary/aromatic N) is 1. The highest BCUT2D eigenvalue weighted by molar-refractivity contribution is 7.92. The maximum atomic E-state index is 12.4. The minimum atomic E-state index is -3.59. The van der Waals surface area contributed by atoms with Crippen molar-refractivity contribution in [1.82, 2.24) is 10.3 Å². The van der Waals surface area contributed by atoms with E-state index < -0.39 is 15.2 Å². The summed E-state index contributed by atoms with van der Waals surface area (Å²) >= 11 is 0. The Morgan fingerprint density at radius 3 is 2.50 bits per heavy atom. The molecule has 1 atom stereocenters. The molecule has 5 nitrogen and oxygen atoms in total. The first kappa shape index (κ1) is 16.2. The Labute approximate surface area is 130 Å². The first-order valence-corrected chi connectivity index (χ1v) is 8.43. The highest BCUT2D eigenvalue weighted by Crippen LogP contribution is 2.15. The van der Waals surface area contributed by atoms with E-state index in [0.717, 1.165) is 11.1 Å². The average Bonchev–Trinajstić information content (AvgIpc) is 2.48. The summed E-state index contributed by atoms with van der Waals surface area (Å²) in [7, 11) is -3.59. The second-order valence-corrected chi connectivity index (χ2v) is 7.37. The number of benzene rings is 1. The second kappa shape index (κ2) is 6.70. The quantitative estimate of drug-likeness (QED) is 0.913. The molecule has 0 aliphatic heterocycles. The number of carbonyl (C=O) groups is 1. The predicted octanol–water partition coefficient (Wildman–Crippen LogP) is 1.87. The zero-order valence-electron chi connectivity index (χ0n) is 12.5. The van der Waals surface area contributed by atoms with E-state index in [1.807, 2.05) is 6.92 Å². The molecule has 6 heteroatoms. The van der Waals surface area contributed by atoms with Crippen LogP contribution in [0, 0.1) is 6.92 Å². The summed E-state index contributed by atoms with van der Waals surface area (Å²) in [5.74, 6) is -0.351. The Hall–Kier alpha value is -2.21. The molecule has 1 aromatic heterocycles. The minimum Gasteiger partial charge on any atom is -0.339 e. The van der Waals surface area contributed by atoms with Gasteiger partial charge in [-0.05, 0) is 37.6 Å². The number of amides is 1. The number of nitrogens with one attached hydrogen (secondary N) is 1. The fraction of sp³-hybridized carbons (Fsp3) is 0.250. The summed E-state index contributed by atoms with van der Waals surface area (Å²) in [5.41, 5.74) is 1.71. The number of aromatic nitrogens is 1. The van der Waals surface area contributed by atoms with Crippen LogP contribution >= 0.6 is 0 Å². The Morgan fingerprint density at radius 1 is 1.23 bits per heavy atom. The van der Waals surface area contributed by atoms with E-state index >= 15 is 0 Å². The van der Waals surface area contributed by atoms with E-state index in [9.17, 15) is 13.2 Å². The van der Waals surface area contributed by atoms with Crippen molar-refractivity contribution in [2.45, 2.75) is 30.5 Å². The molecule has 0 fully saturated rings. The SMILES string of the molecule is Cc1ccc(S(=O)(=O)C(C)NC(=O)Cc2cccnc2)cc1. The second-order valence-electron chi connectivity index (χ2n) is 5.11. The van der Waals surface area contributed by atoms with Crippen molar-refractivity contribution in [1.29, 1.82) is 0 Å². The van der Waals surface area contributed by atoms with Gasteiger partial charge in [-0.15, -0.1) is 0 Å². The highest BCUT2D eigenvalue weighted by Gasteiger charge is 2.24. The number of rotatable bonds is 5. The molecule has 22 heavy (non-hydrogen) atoms. The molecule has 0 bridgehead atoms. The monoisotopic (exact) mass is 318 g/mol. The fourth-order valence-electron chi connectivity index (χ4n) is 1.98. The lowest BCUT2D eigenvalue weighted by Gasteiger charge is -2.15. The number of pyridine rings is 1. The van der Waals surface area contributed by atoms with E-state index in [1.165, 1.54) is 6.92 Å². The van der Waals surface area contributed by atoms with Gasteiger partial charge in [-0.1, -0.05) is 23.8 Å². The maximum Gasteiger partial charge on any atom is 0.225 e. The van der Waals surface area contributed by atoms with E-state index in [-0.39, 0.29) is 17.2 Å². The van der Waals surface area contributed by atoms with Crippen LogP contribution in [0.3, 0.4) is 0 Å². The van der Waals surface area contributed by atoms with Gasteiger partial charge in [-0.2, -0.15) is 0 Å². The summed E-state index contributed by atoms with van der Waals surface area (Å²) in [6.45, 7) is 3.35. The standard InChI is InChI=1S/C16H18N2O3S/c1-12-5-7-15(8-6-12)22(20,21)13(2)18-16(19)10-14-4-3-9-17-11-14/h3-9,11,13H,10H2,1-2H3,(H,18,19). The van der Waals surface area contributed by atoms with Crippen LogP contribution in [-0.4, -0.2) is 24.7 Å². The summed E-state index contributed by atoms with van der Waals surface area (Å²) in [4.78, 5) is 16.1. The molecule has 0 spiro atoms. The van der Waals surface area contributed by atoms with Crippen LogP contribution in [0.5, 0.6) is 0 Å². The number of aryl methyl sites for hydroxylation is 1. The Balaban J connectivity index is 2.06. The van der Waals surface area contributed by atoms with Crippen LogP contribution in [0.4, 0.5) is 0 Å². The molecule has 0 aliphatic rings. The summed E-state index contributed by atoms with van der Waals surface area (Å²) < 4.78 is 24.8. The lowest BCUT2D eigenvalue weighted by Crippen LogP contribution is -2.39. The Morgan fingerprint density at radius 2 is 1.91 bits per heavy atom. The van der Waals surface area contributed by atoms with Gasteiger partial charge in [0, 0.05) is 12.4 Å². The van der Waals surface area contributed by atoms with Crippen molar-refractivity contribution in [2.24, 2.45) is 0 Å². The molecule has 1 heterocycles. The van der Waals surface area contributed by atoms with Crippen LogP contribution in [0.25, 0.3) is 0 Å². The van der Waals surface area contributed by atoms with Crippen LogP contribution < -0.4 is 5.32 Å². The van der Waals surface area contributed by atoms with Gasteiger partial charge in [0.15, 0.2) is 9.84 Å². The van der Waals surface area contributed by atoms with E-state index in [0.29, 0.717) is 0 Å². The molecule has 1 amide bonds. The first-order valence-electron chi connectivity index (χ1n) is 6.88. The molecular formula is C16H18N2O3S. The van der Waals surface area contributed by atoms with E-state index in [4.69, 9.17) is 0 Å². The zero-order valence-corrected chi connectivity index (χ0v) is 13.3. The molecule has 0 saturated heterocycles. The Bertz CT molecular complexity index is 741. The molecule has 1 N–H and O–H groups in total. The lowest BCUT2D eigenvalue weighted by atomic mass is 10.2. The lowest BCUT2D eigenvalue weighted by molar-refractivity contribution is -0.120. The molecule has 1 unspecified atom stereocenters. The molecule has 0 saturated carbocycles. The number of hydrogen-bond donors (Lipinski definition) is 1. The van der Waals surface area contributed by atoms with Gasteiger partial charge in [-0.25, -0.2) is 8.42 Å². The van der Waals surface area contributed by atoms with Crippen molar-refractivity contribution in [3.05, 3.63) is 59.9 Å². The van der Waals surface area contributed by atoms with Crippen molar-refractivity contribution < 1.29 is 13.2 Å². The van der Waals surface area contributed by atoms with Gasteiger partial charge in [-0.3, -0.25) is 9.78 Å². The van der Waals surface area contributed by atoms with E-state index in [2.05, 4.69) is 10.3 Å². The van der Waals surface area contributed by atoms with Crippen LogP contribution in [0.15, 0.2) is 53.7 Å². The smallest absolute Gasteiger partial charge is 0.225 e. The molecule has 2 rings (SSSR count). The highest BCUT2D eigenvalue weighted by atomic mass is 32.2. The van der Waals surface area contributed by atoms with Gasteiger partial charge in [0.25, 0.3) is 0 Å². The Kier molecular flexibility index (Phi) is 4.92. The summed E-state index contributed by atoms with van der Waals surface area (Å²) in [6.07, 6.45) is 3.30. The van der Waals surface area contributed by atoms with Crippen molar-refractivity contribution in [3.63, 3.8) is 0 Å². The first-order chi connectivity index (χ1) is 10.4. The number of sulfone groups is 1. The average molecular weight is 318 g/mol. The molecule has 116 valence electrons. The van der Waals surface area contributed by atoms with E-state index in [1.54, 1.807) is 48.8 Å². The third-order valence-corrected chi connectivity index (χ3v) is 5.24. The summed E-state index contributed by atoms with van der Waals surface area (Å²) in [5, 5.41) is 1.54. The molecular weight excluding hydrogens is 300 g/mol. The number of carbonyl (C=O) groups excluding carboxylic acids is 1. The minimum absolute atomic E-state index is 0.0988. The normalized spacial score (nSPS) is 12.6. The molecule has 1 aromatic carbocycles. The number of hydrogen-bond acceptors (Lipinski definition) is 4. The van der Waals surface area contributed by atoms with Gasteiger partial charge in [0.2, 0.25) is 5.91 Å². The largest absolute Gasteiger partial charge is 0.339 e. The predicted molar refractivity (Wildman–Crippen MR) is 83.9 cm³/mol. The molecule has 0 aliphatic carbocycles. The third-order valence-electron chi connectivity index (χ3n) is 3.27. The fourth-order valence-corrected chi connectivity index (χ4v) is 3.19. The summed E-state index contributed by atoms with van der Waals surface area (Å²) in [6, 6.07) is 10.1. The van der Waals surface area contributed by atoms with Crippen molar-refractivity contribution >= 4 is 15.7 Å². The van der Waals surface area contributed by atoms with Crippen LogP contribution in [-0.2, 0) is 21.1 Å². The maximum absolute atomic E-state index is 12.4. The van der Waals surface area contributed by atoms with Gasteiger partial charge >= 0.3 is 0 Å². The molecule has 0 radical (unpaired) electrons. The van der Waals surface area contributed by atoms with Crippen molar-refractivity contribution in [2.75, 3.05) is 0 Å².